The van der Waals surface area contributed by atoms with Gasteiger partial charge in [0.25, 0.3) is 5.60 Å². The third-order valence-corrected chi connectivity index (χ3v) is 2.71. The second-order valence-corrected chi connectivity index (χ2v) is 4.14. The van der Waals surface area contributed by atoms with Gasteiger partial charge in [-0.15, -0.1) is 0 Å². The third-order valence-electron chi connectivity index (χ3n) is 2.71. The molecule has 0 saturated carbocycles. The second kappa shape index (κ2) is 5.62. The summed E-state index contributed by atoms with van der Waals surface area (Å²) in [6, 6.07) is 4.47. The van der Waals surface area contributed by atoms with Crippen molar-refractivity contribution in [1.29, 1.82) is 0 Å². The number of carbonyl (C=O) groups excluding carboxylic acids is 1. The fourth-order valence-corrected chi connectivity index (χ4v) is 1.55. The largest absolute Gasteiger partial charge is 0.467 e. The number of ether oxygens (including phenoxy) is 1. The molecule has 0 heterocycles. The lowest BCUT2D eigenvalue weighted by Crippen LogP contribution is -2.52. The van der Waals surface area contributed by atoms with Crippen molar-refractivity contribution in [2.45, 2.75) is 18.2 Å². The molecule has 1 aromatic rings. The van der Waals surface area contributed by atoms with Gasteiger partial charge in [-0.3, -0.25) is 0 Å². The summed E-state index contributed by atoms with van der Waals surface area (Å²) in [6.07, 6.45) is -6.32. The van der Waals surface area contributed by atoms with Gasteiger partial charge < -0.3 is 9.84 Å². The Morgan fingerprint density at radius 3 is 2.20 bits per heavy atom. The minimum absolute atomic E-state index is 0.171. The zero-order chi connectivity index (χ0) is 15.6. The number of alkyl halides is 3. The summed E-state index contributed by atoms with van der Waals surface area (Å²) in [7, 11) is 0.736. The van der Waals surface area contributed by atoms with Crippen LogP contribution in [-0.4, -0.2) is 30.0 Å². The molecule has 0 aliphatic heterocycles. The van der Waals surface area contributed by atoms with Crippen LogP contribution in [-0.2, 0) is 9.53 Å². The van der Waals surface area contributed by atoms with Gasteiger partial charge in [0.05, 0.1) is 7.11 Å². The molecule has 0 aliphatic rings. The van der Waals surface area contributed by atoms with E-state index in [9.17, 15) is 27.5 Å². The zero-order valence-corrected chi connectivity index (χ0v) is 10.5. The summed E-state index contributed by atoms with van der Waals surface area (Å²) in [5.74, 6) is -2.39. The summed E-state index contributed by atoms with van der Waals surface area (Å²) < 4.78 is 55.2. The third kappa shape index (κ3) is 3.16. The minimum atomic E-state index is -5.22. The first-order valence-corrected chi connectivity index (χ1v) is 5.43. The first-order chi connectivity index (χ1) is 9.11. The number of hydrogen-bond acceptors (Lipinski definition) is 3. The Bertz CT molecular complexity index is 507. The molecule has 20 heavy (non-hydrogen) atoms. The van der Waals surface area contributed by atoms with Gasteiger partial charge >= 0.3 is 12.1 Å². The van der Waals surface area contributed by atoms with Crippen molar-refractivity contribution >= 4 is 11.5 Å². The van der Waals surface area contributed by atoms with Crippen LogP contribution >= 0.6 is 0 Å². The quantitative estimate of drug-likeness (QED) is 0.685. The van der Waals surface area contributed by atoms with Gasteiger partial charge in [0.1, 0.15) is 5.82 Å². The molecule has 3 nitrogen and oxygen atoms in total. The maximum Gasteiger partial charge on any atom is 0.428 e. The van der Waals surface area contributed by atoms with E-state index in [1.165, 1.54) is 12.1 Å². The first-order valence-electron chi connectivity index (χ1n) is 5.43. The van der Waals surface area contributed by atoms with E-state index in [0.717, 1.165) is 19.2 Å². The average Bonchev–Trinajstić information content (AvgIpc) is 2.36. The molecule has 0 aromatic heterocycles. The Balaban J connectivity index is 3.05. The summed E-state index contributed by atoms with van der Waals surface area (Å²) in [6.45, 7) is 3.38. The second-order valence-electron chi connectivity index (χ2n) is 4.14. The van der Waals surface area contributed by atoms with Crippen molar-refractivity contribution in [2.75, 3.05) is 7.11 Å². The monoisotopic (exact) mass is 292 g/mol. The van der Waals surface area contributed by atoms with Crippen molar-refractivity contribution in [2.24, 2.45) is 0 Å². The predicted molar refractivity (Wildman–Crippen MR) is 63.1 cm³/mol. The number of hydrogen-bond donors (Lipinski definition) is 1. The topological polar surface area (TPSA) is 46.5 Å². The van der Waals surface area contributed by atoms with E-state index in [2.05, 4.69) is 11.3 Å². The first kappa shape index (κ1) is 16.2. The Morgan fingerprint density at radius 1 is 1.30 bits per heavy atom. The average molecular weight is 292 g/mol. The molecule has 0 bridgehead atoms. The number of aliphatic hydroxyl groups is 1. The number of halogens is 4. The Labute approximate surface area is 112 Å². The fraction of sp³-hybridized carbons (Fsp3) is 0.308. The standard InChI is InChI=1S/C13H12F4O3/c1-8(9-3-5-10(14)6-4-9)7-12(19,11(18)20-2)13(15,16)17/h3-6,19H,1,7H2,2H3/t12-/m1/s1. The summed E-state index contributed by atoms with van der Waals surface area (Å²) in [5, 5.41) is 9.57. The Morgan fingerprint density at radius 2 is 1.80 bits per heavy atom. The predicted octanol–water partition coefficient (Wildman–Crippen LogP) is 2.70. The number of methoxy groups -OCH3 is 1. The van der Waals surface area contributed by atoms with E-state index in [1.807, 2.05) is 0 Å². The molecule has 110 valence electrons. The van der Waals surface area contributed by atoms with E-state index in [1.54, 1.807) is 0 Å². The number of rotatable bonds is 4. The van der Waals surface area contributed by atoms with E-state index >= 15 is 0 Å². The molecule has 0 unspecified atom stereocenters. The molecular formula is C13H12F4O3. The highest BCUT2D eigenvalue weighted by Crippen LogP contribution is 2.38. The maximum absolute atomic E-state index is 12.8. The molecule has 1 aromatic carbocycles. The van der Waals surface area contributed by atoms with Crippen molar-refractivity contribution in [3.63, 3.8) is 0 Å². The van der Waals surface area contributed by atoms with Crippen LogP contribution in [0.25, 0.3) is 5.57 Å². The smallest absolute Gasteiger partial charge is 0.428 e. The van der Waals surface area contributed by atoms with E-state index < -0.39 is 30.0 Å². The lowest BCUT2D eigenvalue weighted by Gasteiger charge is -2.28. The van der Waals surface area contributed by atoms with Gasteiger partial charge in [0.15, 0.2) is 0 Å². The molecule has 1 atom stereocenters. The zero-order valence-electron chi connectivity index (χ0n) is 10.5. The van der Waals surface area contributed by atoms with Crippen LogP contribution in [0.3, 0.4) is 0 Å². The van der Waals surface area contributed by atoms with Crippen molar-refractivity contribution in [3.8, 4) is 0 Å². The van der Waals surface area contributed by atoms with Crippen LogP contribution in [0.1, 0.15) is 12.0 Å². The molecule has 1 N–H and O–H groups in total. The van der Waals surface area contributed by atoms with Gasteiger partial charge in [-0.1, -0.05) is 18.7 Å². The van der Waals surface area contributed by atoms with Crippen LogP contribution in [0, 0.1) is 5.82 Å². The molecule has 0 aliphatic carbocycles. The van der Waals surface area contributed by atoms with Gasteiger partial charge in [-0.25, -0.2) is 9.18 Å². The van der Waals surface area contributed by atoms with Crippen LogP contribution in [0.5, 0.6) is 0 Å². The maximum atomic E-state index is 12.8. The van der Waals surface area contributed by atoms with E-state index in [4.69, 9.17) is 0 Å². The van der Waals surface area contributed by atoms with Gasteiger partial charge in [-0.05, 0) is 23.3 Å². The molecular weight excluding hydrogens is 280 g/mol. The number of benzene rings is 1. The number of esters is 1. The van der Waals surface area contributed by atoms with Gasteiger partial charge in [0.2, 0.25) is 0 Å². The molecule has 7 heteroatoms. The van der Waals surface area contributed by atoms with E-state index in [-0.39, 0.29) is 11.1 Å². The SMILES string of the molecule is C=C(C[C@@](O)(C(=O)OC)C(F)(F)F)c1ccc(F)cc1. The highest BCUT2D eigenvalue weighted by Gasteiger charge is 2.60. The van der Waals surface area contributed by atoms with Crippen LogP contribution in [0.15, 0.2) is 30.8 Å². The lowest BCUT2D eigenvalue weighted by atomic mass is 9.91. The molecule has 0 amide bonds. The number of carbonyl (C=O) groups is 1. The normalized spacial score (nSPS) is 14.5. The highest BCUT2D eigenvalue weighted by atomic mass is 19.4. The lowest BCUT2D eigenvalue weighted by molar-refractivity contribution is -0.259. The van der Waals surface area contributed by atoms with Crippen molar-refractivity contribution in [3.05, 3.63) is 42.2 Å². The Kier molecular flexibility index (Phi) is 4.54. The molecule has 0 radical (unpaired) electrons. The van der Waals surface area contributed by atoms with Crippen LogP contribution < -0.4 is 0 Å². The van der Waals surface area contributed by atoms with Crippen LogP contribution in [0.2, 0.25) is 0 Å². The Hall–Kier alpha value is -1.89. The minimum Gasteiger partial charge on any atom is -0.467 e. The van der Waals surface area contributed by atoms with Crippen LogP contribution in [0.4, 0.5) is 17.6 Å². The summed E-state index contributed by atoms with van der Waals surface area (Å²) in [5.41, 5.74) is -3.68. The summed E-state index contributed by atoms with van der Waals surface area (Å²) in [4.78, 5) is 11.2. The van der Waals surface area contributed by atoms with E-state index in [0.29, 0.717) is 0 Å². The molecule has 0 saturated heterocycles. The van der Waals surface area contributed by atoms with Crippen molar-refractivity contribution in [1.82, 2.24) is 0 Å². The van der Waals surface area contributed by atoms with Gasteiger partial charge in [-0.2, -0.15) is 13.2 Å². The van der Waals surface area contributed by atoms with Crippen molar-refractivity contribution < 1.29 is 32.2 Å². The highest BCUT2D eigenvalue weighted by molar-refractivity contribution is 5.83. The molecule has 0 spiro atoms. The molecule has 1 rings (SSSR count). The fourth-order valence-electron chi connectivity index (χ4n) is 1.55. The molecule has 0 fully saturated rings. The summed E-state index contributed by atoms with van der Waals surface area (Å²) >= 11 is 0. The van der Waals surface area contributed by atoms with Gasteiger partial charge in [0, 0.05) is 6.42 Å².